The number of hydrogen-bond acceptors (Lipinski definition) is 10. The quantitative estimate of drug-likeness (QED) is 0.121. The second-order valence-electron chi connectivity index (χ2n) is 32.2. The van der Waals surface area contributed by atoms with Crippen LogP contribution in [0.5, 0.6) is 0 Å². The molecule has 0 N–H and O–H groups in total. The van der Waals surface area contributed by atoms with E-state index >= 15 is 0 Å². The van der Waals surface area contributed by atoms with E-state index in [1.54, 1.807) is 0 Å². The summed E-state index contributed by atoms with van der Waals surface area (Å²) in [5.41, 5.74) is 26.7. The third kappa shape index (κ3) is 12.9. The molecule has 0 aliphatic rings. The van der Waals surface area contributed by atoms with E-state index in [-0.39, 0.29) is 0 Å². The molecular formula is C116H68N4O2S4. The Morgan fingerprint density at radius 1 is 0.159 bits per heavy atom. The van der Waals surface area contributed by atoms with Gasteiger partial charge in [0.15, 0.2) is 11.6 Å². The molecule has 26 aromatic rings. The molecule has 0 unspecified atom stereocenters. The number of hydrogen-bond donors (Lipinski definition) is 0. The van der Waals surface area contributed by atoms with Crippen molar-refractivity contribution in [2.45, 2.75) is 0 Å². The summed E-state index contributed by atoms with van der Waals surface area (Å²) in [6, 6.07) is 148. The van der Waals surface area contributed by atoms with Crippen molar-refractivity contribution in [3.8, 4) is 135 Å². The molecule has 8 heterocycles. The Balaban J connectivity index is 0.000000137. The standard InChI is InChI=1S/2C58H34N2OS2/c1-2-13-35(14-3-1)58-59-50(38-16-10-15-36(29-38)37-27-28-53-49(33-37)44-17-4-7-24-52(44)61-53)34-51(60-58)41-31-39(42-20-11-22-47-45-18-5-8-25-54(45)62-56(42)47)30-40(32-41)43-21-12-23-48-46-19-6-9-26-55(46)63-57(43)48;1-2-12-35(13-3-1)58-59-50(39-15-10-14-38(28-39)43-19-11-20-47-44-16-4-7-21-52(44)61-57(43)47)34-51(60-58)42-30-40(36-24-26-55-48(32-36)45-17-5-8-22-53(45)62-55)29-41(31-42)37-25-27-56-49(33-37)46-18-6-9-23-54(46)63-56/h2*1-34H. The van der Waals surface area contributed by atoms with Crippen LogP contribution in [0, 0.1) is 0 Å². The lowest BCUT2D eigenvalue weighted by Crippen LogP contribution is -1.97. The van der Waals surface area contributed by atoms with E-state index in [0.29, 0.717) is 11.6 Å². The SMILES string of the molecule is c1ccc(-c2nc(-c3cc(-c4ccc5sc6ccccc6c5c4)cc(-c4ccc5sc6ccccc6c5c4)c3)cc(-c3cccc(-c4cccc5c4oc4ccccc45)c3)n2)cc1.c1ccc(-c2nc(-c3cccc(-c4ccc5oc6ccccc6c5c4)c3)cc(-c3cc(-c4cccc5c4sc4ccccc45)cc(-c4cccc5c4sc4ccccc45)c3)n2)cc1. The van der Waals surface area contributed by atoms with Gasteiger partial charge >= 0.3 is 0 Å². The van der Waals surface area contributed by atoms with E-state index in [1.807, 2.05) is 93.9 Å². The van der Waals surface area contributed by atoms with Crippen LogP contribution in [0.1, 0.15) is 0 Å². The molecule has 0 amide bonds. The highest BCUT2D eigenvalue weighted by atomic mass is 32.1. The summed E-state index contributed by atoms with van der Waals surface area (Å²) < 4.78 is 23.0. The highest BCUT2D eigenvalue weighted by Crippen LogP contribution is 2.49. The minimum Gasteiger partial charge on any atom is -0.456 e. The van der Waals surface area contributed by atoms with Gasteiger partial charge in [-0.15, -0.1) is 45.3 Å². The highest BCUT2D eigenvalue weighted by molar-refractivity contribution is 7.27. The van der Waals surface area contributed by atoms with Crippen LogP contribution in [0.15, 0.2) is 421 Å². The zero-order chi connectivity index (χ0) is 82.9. The fourth-order valence-electron chi connectivity index (χ4n) is 18.5. The van der Waals surface area contributed by atoms with Crippen LogP contribution in [0.3, 0.4) is 0 Å². The van der Waals surface area contributed by atoms with Gasteiger partial charge in [-0.05, 0) is 195 Å². The molecule has 26 rings (SSSR count). The third-order valence-electron chi connectivity index (χ3n) is 24.6. The summed E-state index contributed by atoms with van der Waals surface area (Å²) in [6.45, 7) is 0. The Labute approximate surface area is 739 Å². The van der Waals surface area contributed by atoms with Gasteiger partial charge in [-0.1, -0.05) is 279 Å². The highest BCUT2D eigenvalue weighted by Gasteiger charge is 2.23. The van der Waals surface area contributed by atoms with Gasteiger partial charge in [-0.3, -0.25) is 0 Å². The maximum atomic E-state index is 6.49. The van der Waals surface area contributed by atoms with Crippen LogP contribution in [0.4, 0.5) is 0 Å². The normalized spacial score (nSPS) is 11.8. The number of thiophene rings is 4. The Morgan fingerprint density at radius 3 is 1.01 bits per heavy atom. The molecule has 0 spiro atoms. The van der Waals surface area contributed by atoms with Crippen LogP contribution in [-0.4, -0.2) is 19.9 Å². The second-order valence-corrected chi connectivity index (χ2v) is 36.5. The molecule has 6 nitrogen and oxygen atoms in total. The fraction of sp³-hybridized carbons (Fsp3) is 0. The molecule has 0 aliphatic heterocycles. The molecule has 588 valence electrons. The minimum atomic E-state index is 0.678. The maximum absolute atomic E-state index is 6.49. The second kappa shape index (κ2) is 30.3. The summed E-state index contributed by atoms with van der Waals surface area (Å²) in [4.78, 5) is 21.3. The van der Waals surface area contributed by atoms with Gasteiger partial charge in [-0.2, -0.15) is 0 Å². The number of para-hydroxylation sites is 3. The van der Waals surface area contributed by atoms with Gasteiger partial charge in [0.25, 0.3) is 0 Å². The summed E-state index contributed by atoms with van der Waals surface area (Å²) in [7, 11) is 0. The number of aromatic nitrogens is 4. The smallest absolute Gasteiger partial charge is 0.160 e. The van der Waals surface area contributed by atoms with Crippen molar-refractivity contribution >= 4 is 170 Å². The molecule has 10 heteroatoms. The molecular weight excluding hydrogens is 1610 g/mol. The van der Waals surface area contributed by atoms with Crippen molar-refractivity contribution in [3.05, 3.63) is 413 Å². The average molecular weight is 1680 g/mol. The van der Waals surface area contributed by atoms with Crippen molar-refractivity contribution in [1.82, 2.24) is 19.9 Å². The van der Waals surface area contributed by atoms with Crippen LogP contribution in [0.25, 0.3) is 259 Å². The van der Waals surface area contributed by atoms with E-state index in [1.165, 1.54) is 103 Å². The van der Waals surface area contributed by atoms with Gasteiger partial charge in [0.05, 0.1) is 22.8 Å². The largest absolute Gasteiger partial charge is 0.456 e. The monoisotopic (exact) mass is 1680 g/mol. The summed E-state index contributed by atoms with van der Waals surface area (Å²) in [6.07, 6.45) is 0. The first kappa shape index (κ1) is 73.3. The van der Waals surface area contributed by atoms with Crippen LogP contribution in [-0.2, 0) is 0 Å². The zero-order valence-electron chi connectivity index (χ0n) is 67.5. The summed E-state index contributed by atoms with van der Waals surface area (Å²) >= 11 is 7.42. The molecule has 0 fully saturated rings. The molecule has 0 atom stereocenters. The topological polar surface area (TPSA) is 77.8 Å². The van der Waals surface area contributed by atoms with Crippen molar-refractivity contribution < 1.29 is 8.83 Å². The van der Waals surface area contributed by atoms with Gasteiger partial charge < -0.3 is 8.83 Å². The van der Waals surface area contributed by atoms with Gasteiger partial charge in [0, 0.05) is 141 Å². The molecule has 8 aromatic heterocycles. The van der Waals surface area contributed by atoms with Crippen LogP contribution < -0.4 is 0 Å². The molecule has 126 heavy (non-hydrogen) atoms. The summed E-state index contributed by atoms with van der Waals surface area (Å²) in [5.74, 6) is 1.36. The number of fused-ring (bicyclic) bond motifs is 18. The van der Waals surface area contributed by atoms with Crippen molar-refractivity contribution in [2.24, 2.45) is 0 Å². The van der Waals surface area contributed by atoms with Gasteiger partial charge in [0.2, 0.25) is 0 Å². The van der Waals surface area contributed by atoms with Crippen molar-refractivity contribution in [2.75, 3.05) is 0 Å². The zero-order valence-corrected chi connectivity index (χ0v) is 70.8. The number of furan rings is 2. The lowest BCUT2D eigenvalue weighted by molar-refractivity contribution is 0.669. The fourth-order valence-corrected chi connectivity index (χ4v) is 23.1. The van der Waals surface area contributed by atoms with Gasteiger partial charge in [0.1, 0.15) is 22.3 Å². The first-order valence-corrected chi connectivity index (χ1v) is 45.5. The van der Waals surface area contributed by atoms with E-state index in [0.717, 1.165) is 145 Å². The molecule has 0 saturated heterocycles. The molecule has 0 radical (unpaired) electrons. The lowest BCUT2D eigenvalue weighted by Gasteiger charge is -2.14. The van der Waals surface area contributed by atoms with Crippen LogP contribution in [0.2, 0.25) is 0 Å². The molecule has 0 bridgehead atoms. The predicted octanol–water partition coefficient (Wildman–Crippen LogP) is 34.2. The van der Waals surface area contributed by atoms with E-state index < -0.39 is 0 Å². The minimum absolute atomic E-state index is 0.678. The van der Waals surface area contributed by atoms with Crippen LogP contribution >= 0.6 is 45.3 Å². The maximum Gasteiger partial charge on any atom is 0.160 e. The van der Waals surface area contributed by atoms with Crippen molar-refractivity contribution in [3.63, 3.8) is 0 Å². The molecule has 0 saturated carbocycles. The van der Waals surface area contributed by atoms with E-state index in [2.05, 4.69) is 364 Å². The lowest BCUT2D eigenvalue weighted by atomic mass is 9.93. The predicted molar refractivity (Wildman–Crippen MR) is 535 cm³/mol. The Hall–Kier alpha value is -15.4. The Morgan fingerprint density at radius 2 is 0.476 bits per heavy atom. The first-order chi connectivity index (χ1) is 62.3. The summed E-state index contributed by atoms with van der Waals surface area (Å²) in [5, 5.41) is 14.7. The van der Waals surface area contributed by atoms with E-state index in [4.69, 9.17) is 28.8 Å². The van der Waals surface area contributed by atoms with Gasteiger partial charge in [-0.25, -0.2) is 19.9 Å². The molecule has 0 aliphatic carbocycles. The number of nitrogens with zero attached hydrogens (tertiary/aromatic N) is 4. The first-order valence-electron chi connectivity index (χ1n) is 42.2. The van der Waals surface area contributed by atoms with Crippen molar-refractivity contribution in [1.29, 1.82) is 0 Å². The third-order valence-corrected chi connectivity index (χ3v) is 29.3. The number of rotatable bonds is 12. The Kier molecular flexibility index (Phi) is 17.6. The molecule has 18 aromatic carbocycles. The van der Waals surface area contributed by atoms with E-state index in [9.17, 15) is 0 Å². The Bertz CT molecular complexity index is 8630. The average Bonchev–Trinajstić information content (AvgIpc) is 1.79. The number of benzene rings is 18.